The van der Waals surface area contributed by atoms with E-state index < -0.39 is 5.91 Å². The Morgan fingerprint density at radius 1 is 1.11 bits per heavy atom. The number of nitrogens with two attached hydrogens (primary N) is 1. The highest BCUT2D eigenvalue weighted by Gasteiger charge is 2.07. The summed E-state index contributed by atoms with van der Waals surface area (Å²) in [6, 6.07) is 11.5. The van der Waals surface area contributed by atoms with E-state index >= 15 is 0 Å². The average molecular weight is 241 g/mol. The van der Waals surface area contributed by atoms with E-state index in [1.807, 2.05) is 0 Å². The molecule has 0 atom stereocenters. The monoisotopic (exact) mass is 241 g/mol. The van der Waals surface area contributed by atoms with Crippen molar-refractivity contribution in [1.29, 1.82) is 0 Å². The molecule has 2 amide bonds. The smallest absolute Gasteiger partial charge is 0.274 e. The molecule has 0 unspecified atom stereocenters. The third-order valence-corrected chi connectivity index (χ3v) is 2.30. The molecule has 2 rings (SSSR count). The first kappa shape index (κ1) is 11.8. The van der Waals surface area contributed by atoms with Crippen molar-refractivity contribution >= 4 is 17.5 Å². The quantitative estimate of drug-likeness (QED) is 0.852. The van der Waals surface area contributed by atoms with Crippen LogP contribution in [0.2, 0.25) is 0 Å². The predicted octanol–water partition coefficient (Wildman–Crippen LogP) is 1.43. The summed E-state index contributed by atoms with van der Waals surface area (Å²) in [5, 5.41) is 2.64. The zero-order chi connectivity index (χ0) is 13.0. The second-order valence-electron chi connectivity index (χ2n) is 3.61. The Balaban J connectivity index is 2.17. The van der Waals surface area contributed by atoms with Gasteiger partial charge in [-0.25, -0.2) is 0 Å². The lowest BCUT2D eigenvalue weighted by Gasteiger charge is -2.05. The molecule has 0 bridgehead atoms. The third-order valence-electron chi connectivity index (χ3n) is 2.30. The molecule has 0 aliphatic rings. The Morgan fingerprint density at radius 2 is 1.94 bits per heavy atom. The first-order valence-corrected chi connectivity index (χ1v) is 5.29. The molecule has 90 valence electrons. The molecule has 18 heavy (non-hydrogen) atoms. The molecule has 0 radical (unpaired) electrons. The highest BCUT2D eigenvalue weighted by atomic mass is 16.2. The Hall–Kier alpha value is -2.69. The van der Waals surface area contributed by atoms with E-state index in [9.17, 15) is 9.59 Å². The molecule has 0 fully saturated rings. The molecule has 2 aromatic rings. The van der Waals surface area contributed by atoms with Gasteiger partial charge in [-0.15, -0.1) is 0 Å². The van der Waals surface area contributed by atoms with Crippen molar-refractivity contribution in [2.45, 2.75) is 0 Å². The largest absolute Gasteiger partial charge is 0.366 e. The van der Waals surface area contributed by atoms with Gasteiger partial charge in [0.25, 0.3) is 5.91 Å². The van der Waals surface area contributed by atoms with Crippen molar-refractivity contribution < 1.29 is 9.59 Å². The number of benzene rings is 1. The van der Waals surface area contributed by atoms with Crippen LogP contribution in [0.3, 0.4) is 0 Å². The summed E-state index contributed by atoms with van der Waals surface area (Å²) in [5.74, 6) is -0.874. The topological polar surface area (TPSA) is 85.1 Å². The maximum absolute atomic E-state index is 11.8. The van der Waals surface area contributed by atoms with Gasteiger partial charge < -0.3 is 11.1 Å². The molecule has 3 N–H and O–H groups in total. The Labute approximate surface area is 104 Å². The minimum atomic E-state index is -0.538. The Bertz CT molecular complexity index is 582. The van der Waals surface area contributed by atoms with E-state index in [1.165, 1.54) is 12.3 Å². The number of nitrogens with one attached hydrogen (secondary N) is 1. The normalized spacial score (nSPS) is 9.78. The van der Waals surface area contributed by atoms with E-state index in [0.29, 0.717) is 16.9 Å². The molecule has 0 aliphatic carbocycles. The van der Waals surface area contributed by atoms with Gasteiger partial charge in [0.1, 0.15) is 5.69 Å². The maximum atomic E-state index is 11.8. The number of aromatic nitrogens is 1. The van der Waals surface area contributed by atoms with Gasteiger partial charge in [0.15, 0.2) is 0 Å². The van der Waals surface area contributed by atoms with Crippen LogP contribution in [-0.4, -0.2) is 16.8 Å². The number of hydrogen-bond donors (Lipinski definition) is 2. The Kier molecular flexibility index (Phi) is 3.33. The van der Waals surface area contributed by atoms with Crippen LogP contribution in [0.5, 0.6) is 0 Å². The van der Waals surface area contributed by atoms with Gasteiger partial charge in [-0.1, -0.05) is 12.1 Å². The summed E-state index contributed by atoms with van der Waals surface area (Å²) >= 11 is 0. The van der Waals surface area contributed by atoms with Gasteiger partial charge in [0, 0.05) is 17.4 Å². The Morgan fingerprint density at radius 3 is 2.61 bits per heavy atom. The summed E-state index contributed by atoms with van der Waals surface area (Å²) < 4.78 is 0. The molecular formula is C13H11N3O2. The second kappa shape index (κ2) is 5.09. The fraction of sp³-hybridized carbons (Fsp3) is 0. The SMILES string of the molecule is NC(=O)c1cccc(NC(=O)c2ccccn2)c1. The van der Waals surface area contributed by atoms with Gasteiger partial charge >= 0.3 is 0 Å². The van der Waals surface area contributed by atoms with E-state index in [0.717, 1.165) is 0 Å². The number of rotatable bonds is 3. The number of pyridine rings is 1. The highest BCUT2D eigenvalue weighted by Crippen LogP contribution is 2.11. The fourth-order valence-electron chi connectivity index (χ4n) is 1.44. The molecule has 5 heteroatoms. The van der Waals surface area contributed by atoms with E-state index in [1.54, 1.807) is 36.4 Å². The molecule has 5 nitrogen and oxygen atoms in total. The number of primary amides is 1. The summed E-state index contributed by atoms with van der Waals surface area (Å²) in [5.41, 5.74) is 6.31. The first-order valence-electron chi connectivity index (χ1n) is 5.29. The number of anilines is 1. The predicted molar refractivity (Wildman–Crippen MR) is 67.2 cm³/mol. The number of carbonyl (C=O) groups is 2. The number of carbonyl (C=O) groups excluding carboxylic acids is 2. The average Bonchev–Trinajstić information content (AvgIpc) is 2.40. The van der Waals surface area contributed by atoms with Crippen LogP contribution >= 0.6 is 0 Å². The lowest BCUT2D eigenvalue weighted by molar-refractivity contribution is 0.0995. The van der Waals surface area contributed by atoms with E-state index in [-0.39, 0.29) is 5.91 Å². The highest BCUT2D eigenvalue weighted by molar-refractivity contribution is 6.03. The molecule has 0 spiro atoms. The molecule has 1 heterocycles. The van der Waals surface area contributed by atoms with Crippen molar-refractivity contribution in [3.63, 3.8) is 0 Å². The van der Waals surface area contributed by atoms with Crippen LogP contribution in [-0.2, 0) is 0 Å². The van der Waals surface area contributed by atoms with Crippen LogP contribution < -0.4 is 11.1 Å². The molecule has 0 saturated carbocycles. The zero-order valence-electron chi connectivity index (χ0n) is 9.46. The van der Waals surface area contributed by atoms with Gasteiger partial charge in [-0.05, 0) is 30.3 Å². The minimum Gasteiger partial charge on any atom is -0.366 e. The van der Waals surface area contributed by atoms with Crippen LogP contribution in [0.1, 0.15) is 20.8 Å². The molecule has 1 aromatic carbocycles. The van der Waals surface area contributed by atoms with E-state index in [2.05, 4.69) is 10.3 Å². The third kappa shape index (κ3) is 2.70. The number of hydrogen-bond acceptors (Lipinski definition) is 3. The van der Waals surface area contributed by atoms with Crippen LogP contribution in [0.15, 0.2) is 48.7 Å². The molecular weight excluding hydrogens is 230 g/mol. The summed E-state index contributed by atoms with van der Waals surface area (Å²) in [6.07, 6.45) is 1.54. The lowest BCUT2D eigenvalue weighted by Crippen LogP contribution is -2.15. The minimum absolute atomic E-state index is 0.307. The maximum Gasteiger partial charge on any atom is 0.274 e. The van der Waals surface area contributed by atoms with Gasteiger partial charge in [0.2, 0.25) is 5.91 Å². The lowest BCUT2D eigenvalue weighted by atomic mass is 10.2. The second-order valence-corrected chi connectivity index (χ2v) is 3.61. The number of nitrogens with zero attached hydrogens (tertiary/aromatic N) is 1. The first-order chi connectivity index (χ1) is 8.66. The molecule has 1 aromatic heterocycles. The van der Waals surface area contributed by atoms with Gasteiger partial charge in [-0.2, -0.15) is 0 Å². The zero-order valence-corrected chi connectivity index (χ0v) is 9.46. The summed E-state index contributed by atoms with van der Waals surface area (Å²) in [6.45, 7) is 0. The summed E-state index contributed by atoms with van der Waals surface area (Å²) in [7, 11) is 0. The van der Waals surface area contributed by atoms with Crippen LogP contribution in [0, 0.1) is 0 Å². The van der Waals surface area contributed by atoms with E-state index in [4.69, 9.17) is 5.73 Å². The van der Waals surface area contributed by atoms with Crippen molar-refractivity contribution in [3.8, 4) is 0 Å². The van der Waals surface area contributed by atoms with Crippen LogP contribution in [0.25, 0.3) is 0 Å². The van der Waals surface area contributed by atoms with Crippen molar-refractivity contribution in [1.82, 2.24) is 4.98 Å². The molecule has 0 aliphatic heterocycles. The summed E-state index contributed by atoms with van der Waals surface area (Å²) in [4.78, 5) is 26.7. The fourth-order valence-corrected chi connectivity index (χ4v) is 1.44. The standard InChI is InChI=1S/C13H11N3O2/c14-12(17)9-4-3-5-10(8-9)16-13(18)11-6-1-2-7-15-11/h1-8H,(H2,14,17)(H,16,18). The number of amides is 2. The van der Waals surface area contributed by atoms with Gasteiger partial charge in [0.05, 0.1) is 0 Å². The van der Waals surface area contributed by atoms with Crippen molar-refractivity contribution in [3.05, 3.63) is 59.9 Å². The van der Waals surface area contributed by atoms with Crippen LogP contribution in [0.4, 0.5) is 5.69 Å². The van der Waals surface area contributed by atoms with Crippen molar-refractivity contribution in [2.75, 3.05) is 5.32 Å². The van der Waals surface area contributed by atoms with Gasteiger partial charge in [-0.3, -0.25) is 14.6 Å². The van der Waals surface area contributed by atoms with Crippen molar-refractivity contribution in [2.24, 2.45) is 5.73 Å². The molecule has 0 saturated heterocycles.